The normalized spacial score (nSPS) is 15.2. The van der Waals surface area contributed by atoms with E-state index in [9.17, 15) is 23.7 Å². The number of hydrogen-bond acceptors (Lipinski definition) is 9. The van der Waals surface area contributed by atoms with E-state index in [0.717, 1.165) is 28.8 Å². The molecule has 2 aromatic carbocycles. The van der Waals surface area contributed by atoms with E-state index in [4.69, 9.17) is 26.2 Å². The summed E-state index contributed by atoms with van der Waals surface area (Å²) in [6, 6.07) is 12.9. The third kappa shape index (κ3) is 7.69. The van der Waals surface area contributed by atoms with E-state index >= 15 is 0 Å². The van der Waals surface area contributed by atoms with Gasteiger partial charge in [0.25, 0.3) is 0 Å². The number of nitrogens with zero attached hydrogens (tertiary/aromatic N) is 2. The van der Waals surface area contributed by atoms with Crippen molar-refractivity contribution in [2.24, 2.45) is 0 Å². The van der Waals surface area contributed by atoms with Crippen LogP contribution in [0.5, 0.6) is 5.75 Å². The van der Waals surface area contributed by atoms with Gasteiger partial charge in [-0.15, -0.1) is 0 Å². The number of hydrogen-bond donors (Lipinski definition) is 1. The smallest absolute Gasteiger partial charge is 0.446 e. The van der Waals surface area contributed by atoms with Gasteiger partial charge in [-0.25, -0.2) is 0 Å². The number of para-hydroxylation sites is 1. The number of carbonyl (C=O) groups is 1. The van der Waals surface area contributed by atoms with Gasteiger partial charge >= 0.3 is 16.1 Å². The number of diazo groups is 1. The molecule has 1 atom stereocenters. The van der Waals surface area contributed by atoms with Gasteiger partial charge in [0.2, 0.25) is 11.2 Å². The topological polar surface area (TPSA) is 150 Å². The van der Waals surface area contributed by atoms with Crippen LogP contribution in [0.1, 0.15) is 35.3 Å². The van der Waals surface area contributed by atoms with Crippen LogP contribution in [0.4, 0.5) is 0 Å². The molecule has 190 valence electrons. The van der Waals surface area contributed by atoms with Crippen molar-refractivity contribution < 1.29 is 36.5 Å². The van der Waals surface area contributed by atoms with E-state index in [2.05, 4.69) is 9.16 Å². The summed E-state index contributed by atoms with van der Waals surface area (Å²) in [5, 5.41) is 19.8. The van der Waals surface area contributed by atoms with Gasteiger partial charge in [0.1, 0.15) is 6.10 Å². The fourth-order valence-corrected chi connectivity index (χ4v) is 3.88. The van der Waals surface area contributed by atoms with Crippen molar-refractivity contribution in [1.82, 2.24) is 0 Å². The second kappa shape index (κ2) is 12.9. The zero-order valence-corrected chi connectivity index (χ0v) is 21.3. The summed E-state index contributed by atoms with van der Waals surface area (Å²) in [4.78, 5) is 14.4. The molecule has 2 aromatic rings. The lowest BCUT2D eigenvalue weighted by Crippen LogP contribution is -2.27. The lowest BCUT2D eigenvalue weighted by molar-refractivity contribution is -0.255. The minimum atomic E-state index is -4.72. The Bertz CT molecular complexity index is 1330. The van der Waals surface area contributed by atoms with E-state index in [0.29, 0.717) is 29.5 Å². The first-order valence-electron chi connectivity index (χ1n) is 10.7. The highest BCUT2D eigenvalue weighted by Crippen LogP contribution is 2.34. The molecular formula is C24H24N2O8S2. The maximum Gasteiger partial charge on any atom is 0.446 e. The summed E-state index contributed by atoms with van der Waals surface area (Å²) >= 11 is 5.59. The quantitative estimate of drug-likeness (QED) is 0.304. The minimum absolute atomic E-state index is 0.351. The van der Waals surface area contributed by atoms with Crippen LogP contribution in [-0.2, 0) is 19.9 Å². The summed E-state index contributed by atoms with van der Waals surface area (Å²) in [7, 11) is -4.72. The Balaban J connectivity index is 0.000000281. The Morgan fingerprint density at radius 3 is 2.31 bits per heavy atom. The molecule has 0 bridgehead atoms. The maximum atomic E-state index is 10.4. The highest BCUT2D eigenvalue weighted by Gasteiger charge is 2.36. The first-order valence-corrected chi connectivity index (χ1v) is 12.4. The first kappa shape index (κ1) is 28.6. The van der Waals surface area contributed by atoms with Gasteiger partial charge in [-0.2, -0.15) is 8.42 Å². The van der Waals surface area contributed by atoms with Crippen LogP contribution in [0.3, 0.4) is 0 Å². The molecule has 0 spiro atoms. The molecule has 0 amide bonds. The number of aromatic carboxylic acids is 1. The van der Waals surface area contributed by atoms with Crippen molar-refractivity contribution in [3.63, 3.8) is 0 Å². The molecule has 1 aliphatic carbocycles. The van der Waals surface area contributed by atoms with Gasteiger partial charge in [-0.05, 0) is 38.5 Å². The molecule has 36 heavy (non-hydrogen) atoms. The summed E-state index contributed by atoms with van der Waals surface area (Å²) in [6.45, 7) is 6.79. The Hall–Kier alpha value is -3.63. The van der Waals surface area contributed by atoms with Gasteiger partial charge in [-0.1, -0.05) is 54.2 Å². The summed E-state index contributed by atoms with van der Waals surface area (Å²) in [5.74, 6) is -1.59. The van der Waals surface area contributed by atoms with Crippen molar-refractivity contribution >= 4 is 39.0 Å². The molecule has 3 rings (SSSR count). The fourth-order valence-electron chi connectivity index (χ4n) is 3.16. The predicted octanol–water partition coefficient (Wildman–Crippen LogP) is 3.50. The van der Waals surface area contributed by atoms with Crippen LogP contribution >= 0.6 is 12.2 Å². The molecule has 1 N–H and O–H groups in total. The van der Waals surface area contributed by atoms with E-state index in [1.54, 1.807) is 6.08 Å². The second-order valence-corrected chi connectivity index (χ2v) is 8.65. The standard InChI is InChI=1S/C17H19N2O2S.C7H6O6S/c1-4-20-14-10-13(19-18)16(21-5-2)15(17(14)22)12-8-6-11(3)7-9-12;8-7(9)5-3-1-2-4-6(5)13-14(10,11)12/h6-10,14H,4-5H2,1-3H3;1-4H,(H,8,9)(H,10,11,12)/q+1;/p-1. The van der Waals surface area contributed by atoms with E-state index in [-0.39, 0.29) is 0 Å². The second-order valence-electron chi connectivity index (χ2n) is 7.19. The highest BCUT2D eigenvalue weighted by atomic mass is 32.3. The Labute approximate surface area is 214 Å². The predicted molar refractivity (Wildman–Crippen MR) is 134 cm³/mol. The van der Waals surface area contributed by atoms with Crippen LogP contribution in [0.2, 0.25) is 0 Å². The number of thiocarbonyl (C=S) groups is 1. The van der Waals surface area contributed by atoms with Gasteiger partial charge in [0.15, 0.2) is 10.7 Å². The van der Waals surface area contributed by atoms with Crippen molar-refractivity contribution in [3.8, 4) is 5.75 Å². The minimum Gasteiger partial charge on any atom is -0.545 e. The van der Waals surface area contributed by atoms with Gasteiger partial charge in [0.05, 0.1) is 17.4 Å². The number of ether oxygens (including phenoxy) is 2. The van der Waals surface area contributed by atoms with Crippen LogP contribution in [0, 0.1) is 12.3 Å². The lowest BCUT2D eigenvalue weighted by atomic mass is 9.92. The zero-order valence-electron chi connectivity index (χ0n) is 19.7. The number of aryl methyl sites for hydroxylation is 1. The van der Waals surface area contributed by atoms with Crippen molar-refractivity contribution in [3.05, 3.63) is 87.7 Å². The van der Waals surface area contributed by atoms with E-state index in [1.807, 2.05) is 45.0 Å². The summed E-state index contributed by atoms with van der Waals surface area (Å²) in [6.07, 6.45) is 1.29. The molecular weight excluding hydrogens is 508 g/mol. The van der Waals surface area contributed by atoms with Crippen LogP contribution in [0.25, 0.3) is 10.5 Å². The van der Waals surface area contributed by atoms with Crippen LogP contribution in [-0.4, -0.2) is 43.1 Å². The maximum absolute atomic E-state index is 10.4. The molecule has 0 aliphatic heterocycles. The third-order valence-electron chi connectivity index (χ3n) is 4.66. The lowest BCUT2D eigenvalue weighted by Gasteiger charge is -2.22. The molecule has 0 aromatic heterocycles. The van der Waals surface area contributed by atoms with E-state index in [1.165, 1.54) is 12.1 Å². The molecule has 1 unspecified atom stereocenters. The van der Waals surface area contributed by atoms with Crippen molar-refractivity contribution in [2.75, 3.05) is 13.2 Å². The summed E-state index contributed by atoms with van der Waals surface area (Å²) in [5.41, 5.74) is 2.74. The largest absolute Gasteiger partial charge is 0.545 e. The number of carbonyl (C=O) groups excluding carboxylic acids is 1. The third-order valence-corrected chi connectivity index (χ3v) is 5.49. The number of rotatable bonds is 8. The zero-order chi connectivity index (χ0) is 26.9. The molecule has 12 heteroatoms. The van der Waals surface area contributed by atoms with Gasteiger partial charge in [0, 0.05) is 23.8 Å². The Morgan fingerprint density at radius 1 is 1.14 bits per heavy atom. The van der Waals surface area contributed by atoms with Crippen molar-refractivity contribution in [1.29, 1.82) is 5.39 Å². The molecule has 1 aliphatic rings. The first-order chi connectivity index (χ1) is 17.0. The molecule has 0 fully saturated rings. The Morgan fingerprint density at radius 2 is 1.78 bits per heavy atom. The van der Waals surface area contributed by atoms with Gasteiger partial charge < -0.3 is 23.6 Å². The number of carboxylic acids is 1. The highest BCUT2D eigenvalue weighted by molar-refractivity contribution is 7.81. The average molecular weight is 533 g/mol. The van der Waals surface area contributed by atoms with Crippen LogP contribution in [0.15, 0.2) is 66.1 Å². The molecule has 0 radical (unpaired) electrons. The number of benzene rings is 2. The van der Waals surface area contributed by atoms with E-state index < -0.39 is 33.8 Å². The number of carboxylic acid groups (broad SMARTS) is 1. The Kier molecular flexibility index (Phi) is 10.2. The average Bonchev–Trinajstić information content (AvgIpc) is 2.82. The van der Waals surface area contributed by atoms with Gasteiger partial charge in [-0.3, -0.25) is 4.55 Å². The SMILES string of the molecule is CCOC1=C(c2ccc(C)cc2)C(=S)C(OCC)C=C1[N+]#N.O=C([O-])c1ccccc1OS(=O)(=O)O. The van der Waals surface area contributed by atoms with Crippen molar-refractivity contribution in [2.45, 2.75) is 26.9 Å². The van der Waals surface area contributed by atoms with Crippen LogP contribution < -0.4 is 9.29 Å². The monoisotopic (exact) mass is 532 g/mol. The molecule has 0 saturated carbocycles. The fraction of sp³-hybridized carbons (Fsp3) is 0.250. The molecule has 0 heterocycles. The molecule has 10 nitrogen and oxygen atoms in total. The summed E-state index contributed by atoms with van der Waals surface area (Å²) < 4.78 is 44.3. The molecule has 0 saturated heterocycles.